The van der Waals surface area contributed by atoms with Crippen molar-refractivity contribution in [3.8, 4) is 5.75 Å². The number of ether oxygens (including phenoxy) is 1. The first-order chi connectivity index (χ1) is 12.5. The molecule has 0 aliphatic heterocycles. The molecule has 134 valence electrons. The van der Waals surface area contributed by atoms with Crippen LogP contribution < -0.4 is 4.74 Å². The minimum Gasteiger partial charge on any atom is -0.486 e. The fourth-order valence-corrected chi connectivity index (χ4v) is 2.64. The number of furan rings is 1. The molecule has 0 saturated heterocycles. The van der Waals surface area contributed by atoms with Crippen molar-refractivity contribution in [1.29, 1.82) is 0 Å². The first kappa shape index (κ1) is 17.7. The van der Waals surface area contributed by atoms with E-state index in [-0.39, 0.29) is 5.78 Å². The number of carbonyl (C=O) groups excluding carboxylic acids is 1. The van der Waals surface area contributed by atoms with E-state index < -0.39 is 0 Å². The third-order valence-corrected chi connectivity index (χ3v) is 3.87. The monoisotopic (exact) mass is 350 g/mol. The van der Waals surface area contributed by atoms with Crippen LogP contribution in [-0.4, -0.2) is 15.6 Å². The van der Waals surface area contributed by atoms with Crippen molar-refractivity contribution in [3.05, 3.63) is 77.0 Å². The minimum atomic E-state index is -0.151. The Kier molecular flexibility index (Phi) is 5.37. The van der Waals surface area contributed by atoms with Gasteiger partial charge in [-0.3, -0.25) is 9.48 Å². The van der Waals surface area contributed by atoms with Crippen molar-refractivity contribution in [1.82, 2.24) is 9.78 Å². The maximum atomic E-state index is 12.1. The zero-order chi connectivity index (χ0) is 18.5. The highest BCUT2D eigenvalue weighted by atomic mass is 16.5. The number of nitrogens with zero attached hydrogens (tertiary/aromatic N) is 2. The van der Waals surface area contributed by atoms with Crippen molar-refractivity contribution >= 4 is 11.9 Å². The highest BCUT2D eigenvalue weighted by molar-refractivity contribution is 6.05. The van der Waals surface area contributed by atoms with Crippen LogP contribution in [0.5, 0.6) is 5.75 Å². The standard InChI is InChI=1S/C21H22N2O3/c1-4-23-10-9-20(22-23)21(24)8-7-17-5-6-18(26-17)14-25-19-12-15(2)11-16(3)13-19/h5-13H,4,14H2,1-3H3/b8-7+. The summed E-state index contributed by atoms with van der Waals surface area (Å²) in [5.41, 5.74) is 2.74. The Balaban J connectivity index is 1.59. The fraction of sp³-hybridized carbons (Fsp3) is 0.238. The van der Waals surface area contributed by atoms with Crippen LogP contribution >= 0.6 is 0 Å². The van der Waals surface area contributed by atoms with Gasteiger partial charge in [0, 0.05) is 12.7 Å². The minimum absolute atomic E-state index is 0.151. The second-order valence-corrected chi connectivity index (χ2v) is 6.17. The highest BCUT2D eigenvalue weighted by Crippen LogP contribution is 2.19. The molecule has 2 heterocycles. The second-order valence-electron chi connectivity index (χ2n) is 6.17. The largest absolute Gasteiger partial charge is 0.486 e. The predicted molar refractivity (Wildman–Crippen MR) is 100 cm³/mol. The van der Waals surface area contributed by atoms with Crippen LogP contribution in [0.15, 0.2) is 53.1 Å². The lowest BCUT2D eigenvalue weighted by atomic mass is 10.1. The second kappa shape index (κ2) is 7.87. The molecule has 3 aromatic rings. The molecule has 26 heavy (non-hydrogen) atoms. The van der Waals surface area contributed by atoms with Gasteiger partial charge in [0.2, 0.25) is 5.78 Å². The molecular formula is C21H22N2O3. The van der Waals surface area contributed by atoms with Crippen LogP contribution in [0.25, 0.3) is 6.08 Å². The van der Waals surface area contributed by atoms with E-state index in [1.165, 1.54) is 6.08 Å². The number of aryl methyl sites for hydroxylation is 3. The van der Waals surface area contributed by atoms with E-state index in [9.17, 15) is 4.79 Å². The molecule has 0 atom stereocenters. The number of carbonyl (C=O) groups is 1. The summed E-state index contributed by atoms with van der Waals surface area (Å²) in [6, 6.07) is 11.5. The average molecular weight is 350 g/mol. The maximum absolute atomic E-state index is 12.1. The van der Waals surface area contributed by atoms with Gasteiger partial charge in [-0.2, -0.15) is 5.10 Å². The van der Waals surface area contributed by atoms with Crippen LogP contribution in [0, 0.1) is 13.8 Å². The third-order valence-electron chi connectivity index (χ3n) is 3.87. The van der Waals surface area contributed by atoms with Gasteiger partial charge in [-0.1, -0.05) is 6.07 Å². The topological polar surface area (TPSA) is 57.3 Å². The molecule has 0 unspecified atom stereocenters. The Hall–Kier alpha value is -3.08. The van der Waals surface area contributed by atoms with Crippen LogP contribution in [0.4, 0.5) is 0 Å². The summed E-state index contributed by atoms with van der Waals surface area (Å²) in [4.78, 5) is 12.1. The highest BCUT2D eigenvalue weighted by Gasteiger charge is 2.07. The van der Waals surface area contributed by atoms with Crippen molar-refractivity contribution in [2.24, 2.45) is 0 Å². The quantitative estimate of drug-likeness (QED) is 0.462. The van der Waals surface area contributed by atoms with Crippen molar-refractivity contribution in [2.75, 3.05) is 0 Å². The van der Waals surface area contributed by atoms with Gasteiger partial charge in [-0.15, -0.1) is 0 Å². The molecule has 0 bridgehead atoms. The van der Waals surface area contributed by atoms with Crippen LogP contribution in [0.3, 0.4) is 0 Å². The average Bonchev–Trinajstić information content (AvgIpc) is 3.26. The van der Waals surface area contributed by atoms with Gasteiger partial charge in [0.25, 0.3) is 0 Å². The van der Waals surface area contributed by atoms with E-state index in [1.807, 2.05) is 45.0 Å². The third kappa shape index (κ3) is 4.51. The Bertz CT molecular complexity index is 914. The molecular weight excluding hydrogens is 328 g/mol. The van der Waals surface area contributed by atoms with Gasteiger partial charge < -0.3 is 9.15 Å². The fourth-order valence-electron chi connectivity index (χ4n) is 2.64. The summed E-state index contributed by atoms with van der Waals surface area (Å²) in [7, 11) is 0. The summed E-state index contributed by atoms with van der Waals surface area (Å²) < 4.78 is 13.2. The van der Waals surface area contributed by atoms with Gasteiger partial charge in [0.1, 0.15) is 29.6 Å². The Morgan fingerprint density at radius 3 is 2.65 bits per heavy atom. The molecule has 0 N–H and O–H groups in total. The number of ketones is 1. The summed E-state index contributed by atoms with van der Waals surface area (Å²) >= 11 is 0. The van der Waals surface area contributed by atoms with Crippen molar-refractivity contribution in [3.63, 3.8) is 0 Å². The molecule has 3 rings (SSSR count). The molecule has 0 aliphatic carbocycles. The van der Waals surface area contributed by atoms with Gasteiger partial charge >= 0.3 is 0 Å². The molecule has 0 spiro atoms. The first-order valence-corrected chi connectivity index (χ1v) is 8.59. The zero-order valence-corrected chi connectivity index (χ0v) is 15.2. The van der Waals surface area contributed by atoms with Crippen molar-refractivity contribution in [2.45, 2.75) is 33.9 Å². The number of allylic oxidation sites excluding steroid dienone is 1. The molecule has 1 aromatic carbocycles. The first-order valence-electron chi connectivity index (χ1n) is 8.59. The SMILES string of the molecule is CCn1ccc(C(=O)/C=C/c2ccc(COc3cc(C)cc(C)c3)o2)n1. The number of aromatic nitrogens is 2. The molecule has 5 nitrogen and oxygen atoms in total. The molecule has 0 saturated carbocycles. The summed E-state index contributed by atoms with van der Waals surface area (Å²) in [5, 5.41) is 4.19. The summed E-state index contributed by atoms with van der Waals surface area (Å²) in [5.74, 6) is 1.97. The van der Waals surface area contributed by atoms with Gasteiger partial charge in [-0.25, -0.2) is 0 Å². The van der Waals surface area contributed by atoms with Crippen LogP contribution in [0.2, 0.25) is 0 Å². The van der Waals surface area contributed by atoms with Gasteiger partial charge in [-0.05, 0) is 74.4 Å². The number of hydrogen-bond acceptors (Lipinski definition) is 4. The molecule has 0 radical (unpaired) electrons. The van der Waals surface area contributed by atoms with E-state index in [0.29, 0.717) is 23.8 Å². The number of rotatable bonds is 7. The molecule has 0 amide bonds. The van der Waals surface area contributed by atoms with E-state index in [0.717, 1.165) is 23.4 Å². The molecule has 2 aromatic heterocycles. The van der Waals surface area contributed by atoms with Gasteiger partial charge in [0.05, 0.1) is 0 Å². The normalized spacial score (nSPS) is 11.2. The lowest BCUT2D eigenvalue weighted by molar-refractivity contribution is 0.104. The van der Waals surface area contributed by atoms with Crippen LogP contribution in [-0.2, 0) is 13.2 Å². The Morgan fingerprint density at radius 2 is 1.96 bits per heavy atom. The smallest absolute Gasteiger partial charge is 0.206 e. The molecule has 0 fully saturated rings. The van der Waals surface area contributed by atoms with Crippen LogP contribution in [0.1, 0.15) is 40.1 Å². The van der Waals surface area contributed by atoms with Gasteiger partial charge in [0.15, 0.2) is 0 Å². The summed E-state index contributed by atoms with van der Waals surface area (Å²) in [6.07, 6.45) is 4.90. The Morgan fingerprint density at radius 1 is 1.19 bits per heavy atom. The van der Waals surface area contributed by atoms with E-state index >= 15 is 0 Å². The maximum Gasteiger partial charge on any atom is 0.206 e. The lowest BCUT2D eigenvalue weighted by Crippen LogP contribution is -1.99. The van der Waals surface area contributed by atoms with E-state index in [4.69, 9.17) is 9.15 Å². The number of benzene rings is 1. The molecule has 0 aliphatic rings. The molecule has 5 heteroatoms. The lowest BCUT2D eigenvalue weighted by Gasteiger charge is -2.06. The zero-order valence-electron chi connectivity index (χ0n) is 15.2. The predicted octanol–water partition coefficient (Wildman–Crippen LogP) is 4.59. The Labute approximate surface area is 152 Å². The summed E-state index contributed by atoms with van der Waals surface area (Å²) in [6.45, 7) is 7.12. The van der Waals surface area contributed by atoms with E-state index in [1.54, 1.807) is 23.0 Å². The van der Waals surface area contributed by atoms with E-state index in [2.05, 4.69) is 11.2 Å². The number of hydrogen-bond donors (Lipinski definition) is 0. The van der Waals surface area contributed by atoms with Crippen molar-refractivity contribution < 1.29 is 13.9 Å².